The number of amidine groups is 1. The molecular weight excluding hydrogens is 246 g/mol. The highest BCUT2D eigenvalue weighted by Gasteiger charge is 2.60. The monoisotopic (exact) mass is 265 g/mol. The quantitative estimate of drug-likeness (QED) is 0.740. The first kappa shape index (κ1) is 12.2. The zero-order valence-corrected chi connectivity index (χ0v) is 11.9. The molecule has 3 fully saturated rings. The summed E-state index contributed by atoms with van der Waals surface area (Å²) < 4.78 is 0. The topological polar surface area (TPSA) is 53.8 Å². The van der Waals surface area contributed by atoms with E-state index in [0.717, 1.165) is 12.3 Å². The van der Waals surface area contributed by atoms with E-state index in [0.29, 0.717) is 16.3 Å². The molecule has 0 aromatic rings. The summed E-state index contributed by atoms with van der Waals surface area (Å²) in [5, 5.41) is 12.1. The van der Waals surface area contributed by atoms with E-state index in [2.05, 4.69) is 36.3 Å². The van der Waals surface area contributed by atoms with Gasteiger partial charge in [-0.15, -0.1) is 5.10 Å². The van der Waals surface area contributed by atoms with Gasteiger partial charge in [-0.25, -0.2) is 0 Å². The molecule has 18 heavy (non-hydrogen) atoms. The van der Waals surface area contributed by atoms with Gasteiger partial charge in [0.2, 0.25) is 5.91 Å². The Hall–Kier alpha value is -0.840. The lowest BCUT2D eigenvalue weighted by molar-refractivity contribution is -0.116. The fourth-order valence-corrected chi connectivity index (χ4v) is 4.19. The van der Waals surface area contributed by atoms with E-state index in [4.69, 9.17) is 0 Å². The molecule has 1 aliphatic heterocycles. The molecule has 1 N–H and O–H groups in total. The van der Waals surface area contributed by atoms with Gasteiger partial charge in [0.05, 0.1) is 5.75 Å². The Morgan fingerprint density at radius 3 is 2.61 bits per heavy atom. The van der Waals surface area contributed by atoms with Crippen LogP contribution in [0.2, 0.25) is 0 Å². The molecule has 4 nitrogen and oxygen atoms in total. The largest absolute Gasteiger partial charge is 0.303 e. The summed E-state index contributed by atoms with van der Waals surface area (Å²) in [6, 6.07) is 0. The van der Waals surface area contributed by atoms with Crippen LogP contribution in [0, 0.1) is 16.7 Å². The minimum Gasteiger partial charge on any atom is -0.303 e. The maximum absolute atomic E-state index is 11.1. The number of thioether (sulfide) groups is 1. The second kappa shape index (κ2) is 3.83. The van der Waals surface area contributed by atoms with E-state index in [9.17, 15) is 4.79 Å². The number of carbonyl (C=O) groups excluding carboxylic acids is 1. The van der Waals surface area contributed by atoms with Gasteiger partial charge >= 0.3 is 0 Å². The van der Waals surface area contributed by atoms with Gasteiger partial charge in [-0.2, -0.15) is 5.10 Å². The van der Waals surface area contributed by atoms with Crippen molar-refractivity contribution >= 4 is 28.5 Å². The van der Waals surface area contributed by atoms with Crippen molar-refractivity contribution in [2.45, 2.75) is 40.0 Å². The van der Waals surface area contributed by atoms with Gasteiger partial charge in [-0.1, -0.05) is 32.5 Å². The first-order valence-corrected chi connectivity index (χ1v) is 7.50. The summed E-state index contributed by atoms with van der Waals surface area (Å²) in [7, 11) is 0. The molecule has 0 aromatic heterocycles. The lowest BCUT2D eigenvalue weighted by Gasteiger charge is -2.34. The molecule has 2 atom stereocenters. The molecule has 2 saturated carbocycles. The second-order valence-corrected chi connectivity index (χ2v) is 7.25. The van der Waals surface area contributed by atoms with Crippen molar-refractivity contribution in [3.63, 3.8) is 0 Å². The van der Waals surface area contributed by atoms with Gasteiger partial charge < -0.3 is 5.32 Å². The summed E-state index contributed by atoms with van der Waals surface area (Å²) in [4.78, 5) is 11.1. The molecule has 1 amide bonds. The fraction of sp³-hybridized carbons (Fsp3) is 0.769. The van der Waals surface area contributed by atoms with Crippen LogP contribution in [0.3, 0.4) is 0 Å². The molecule has 3 rings (SSSR count). The minimum atomic E-state index is 0.0263. The van der Waals surface area contributed by atoms with E-state index >= 15 is 0 Å². The summed E-state index contributed by atoms with van der Waals surface area (Å²) in [5.74, 6) is 1.24. The zero-order valence-electron chi connectivity index (χ0n) is 11.1. The van der Waals surface area contributed by atoms with Gasteiger partial charge in [0.1, 0.15) is 0 Å². The maximum Gasteiger partial charge on any atom is 0.236 e. The summed E-state index contributed by atoms with van der Waals surface area (Å²) in [6.07, 6.45) is 3.59. The number of amides is 1. The molecule has 3 aliphatic rings. The Morgan fingerprint density at radius 2 is 2.11 bits per heavy atom. The number of hydrogen-bond donors (Lipinski definition) is 1. The number of rotatable bonds is 1. The lowest BCUT2D eigenvalue weighted by Crippen LogP contribution is -2.32. The number of carbonyl (C=O) groups is 1. The van der Waals surface area contributed by atoms with Crippen molar-refractivity contribution in [3.05, 3.63) is 0 Å². The van der Waals surface area contributed by atoms with Crippen molar-refractivity contribution in [2.75, 3.05) is 5.75 Å². The highest BCUT2D eigenvalue weighted by Crippen LogP contribution is 2.63. The predicted octanol–water partition coefficient (Wildman–Crippen LogP) is 2.41. The van der Waals surface area contributed by atoms with E-state index < -0.39 is 0 Å². The molecule has 0 radical (unpaired) electrons. The van der Waals surface area contributed by atoms with Crippen LogP contribution in [-0.2, 0) is 4.79 Å². The number of nitrogens with zero attached hydrogens (tertiary/aromatic N) is 2. The average molecular weight is 265 g/mol. The lowest BCUT2D eigenvalue weighted by atomic mass is 9.70. The molecule has 2 bridgehead atoms. The van der Waals surface area contributed by atoms with Crippen molar-refractivity contribution in [3.8, 4) is 0 Å². The molecule has 0 aromatic carbocycles. The summed E-state index contributed by atoms with van der Waals surface area (Å²) in [6.45, 7) is 7.03. The molecule has 0 unspecified atom stereocenters. The van der Waals surface area contributed by atoms with E-state index in [1.54, 1.807) is 0 Å². The Morgan fingerprint density at radius 1 is 1.33 bits per heavy atom. The zero-order chi connectivity index (χ0) is 13.0. The van der Waals surface area contributed by atoms with Crippen LogP contribution in [-0.4, -0.2) is 22.5 Å². The standard InChI is InChI=1S/C13H19N3OS/c1-12(2)8-4-5-13(12,3)9(6-8)15-16-11-14-10(17)7-18-11/h8H,4-7H2,1-3H3,(H,14,16,17)/b15-9-/t8-,13+/m0/s1. The Balaban J connectivity index is 1.85. The van der Waals surface area contributed by atoms with Gasteiger partial charge in [0.25, 0.3) is 0 Å². The smallest absolute Gasteiger partial charge is 0.236 e. The Kier molecular flexibility index (Phi) is 2.59. The molecular formula is C13H19N3OS. The summed E-state index contributed by atoms with van der Waals surface area (Å²) in [5.41, 5.74) is 1.74. The molecule has 1 saturated heterocycles. The van der Waals surface area contributed by atoms with Crippen LogP contribution in [0.5, 0.6) is 0 Å². The Labute approximate surface area is 112 Å². The first-order valence-electron chi connectivity index (χ1n) is 6.51. The molecule has 1 heterocycles. The van der Waals surface area contributed by atoms with Crippen LogP contribution < -0.4 is 5.32 Å². The maximum atomic E-state index is 11.1. The van der Waals surface area contributed by atoms with Crippen molar-refractivity contribution in [1.82, 2.24) is 5.32 Å². The van der Waals surface area contributed by atoms with Gasteiger partial charge in [0.15, 0.2) is 5.17 Å². The van der Waals surface area contributed by atoms with E-state index in [-0.39, 0.29) is 11.3 Å². The molecule has 2 aliphatic carbocycles. The van der Waals surface area contributed by atoms with Crippen molar-refractivity contribution in [2.24, 2.45) is 27.0 Å². The second-order valence-electron chi connectivity index (χ2n) is 6.28. The highest BCUT2D eigenvalue weighted by molar-refractivity contribution is 8.15. The summed E-state index contributed by atoms with van der Waals surface area (Å²) >= 11 is 1.43. The van der Waals surface area contributed by atoms with Gasteiger partial charge in [-0.05, 0) is 30.6 Å². The predicted molar refractivity (Wildman–Crippen MR) is 74.7 cm³/mol. The fourth-order valence-electron chi connectivity index (χ4n) is 3.56. The average Bonchev–Trinajstić information content (AvgIpc) is 2.87. The van der Waals surface area contributed by atoms with Crippen LogP contribution in [0.15, 0.2) is 10.2 Å². The molecule has 5 heteroatoms. The van der Waals surface area contributed by atoms with Crippen LogP contribution in [0.4, 0.5) is 0 Å². The number of nitrogens with one attached hydrogen (secondary N) is 1. The van der Waals surface area contributed by atoms with Crippen molar-refractivity contribution < 1.29 is 4.79 Å². The molecule has 0 spiro atoms. The van der Waals surface area contributed by atoms with Crippen LogP contribution >= 0.6 is 11.8 Å². The molecule has 98 valence electrons. The third-order valence-electron chi connectivity index (χ3n) is 5.36. The van der Waals surface area contributed by atoms with Gasteiger partial charge in [0, 0.05) is 11.1 Å². The van der Waals surface area contributed by atoms with Crippen LogP contribution in [0.25, 0.3) is 0 Å². The number of hydrogen-bond acceptors (Lipinski definition) is 4. The third-order valence-corrected chi connectivity index (χ3v) is 6.22. The van der Waals surface area contributed by atoms with Crippen LogP contribution in [0.1, 0.15) is 40.0 Å². The first-order chi connectivity index (χ1) is 8.43. The SMILES string of the molecule is CC1(C)[C@H]2CC[C@]1(C)/C(=N\N=C1\NC(=O)CS1)C2. The van der Waals surface area contributed by atoms with Gasteiger partial charge in [-0.3, -0.25) is 4.79 Å². The van der Waals surface area contributed by atoms with E-state index in [1.165, 1.54) is 30.3 Å². The Bertz CT molecular complexity index is 469. The van der Waals surface area contributed by atoms with Crippen molar-refractivity contribution in [1.29, 1.82) is 0 Å². The van der Waals surface area contributed by atoms with E-state index in [1.807, 2.05) is 0 Å². The minimum absolute atomic E-state index is 0.0263. The normalized spacial score (nSPS) is 41.9. The highest BCUT2D eigenvalue weighted by atomic mass is 32.2. The third kappa shape index (κ3) is 1.56. The number of fused-ring (bicyclic) bond motifs is 2.